The Kier molecular flexibility index (Phi) is 3.23. The topological polar surface area (TPSA) is 32.3 Å². The zero-order valence-corrected chi connectivity index (χ0v) is 13.2. The Bertz CT molecular complexity index is 832. The lowest BCUT2D eigenvalue weighted by molar-refractivity contribution is 0.752. The molecule has 2 heterocycles. The molecule has 1 aromatic heterocycles. The Hall–Kier alpha value is -2.88. The number of aryl methyl sites for hydroxylation is 1. The van der Waals surface area contributed by atoms with E-state index in [4.69, 9.17) is 0 Å². The molecule has 0 amide bonds. The van der Waals surface area contributed by atoms with Gasteiger partial charge in [-0.25, -0.2) is 9.97 Å². The number of rotatable bonds is 2. The number of anilines is 4. The monoisotopic (exact) mass is 302 g/mol. The van der Waals surface area contributed by atoms with Crippen molar-refractivity contribution >= 4 is 23.0 Å². The second kappa shape index (κ2) is 5.39. The average molecular weight is 302 g/mol. The molecular weight excluding hydrogens is 284 g/mol. The second-order valence-corrected chi connectivity index (χ2v) is 5.70. The highest BCUT2D eigenvalue weighted by Gasteiger charge is 2.37. The lowest BCUT2D eigenvalue weighted by atomic mass is 10.2. The fourth-order valence-electron chi connectivity index (χ4n) is 3.21. The Morgan fingerprint density at radius 3 is 2.09 bits per heavy atom. The summed E-state index contributed by atoms with van der Waals surface area (Å²) >= 11 is 0. The van der Waals surface area contributed by atoms with E-state index < -0.39 is 0 Å². The molecule has 0 unspecified atom stereocenters. The lowest BCUT2D eigenvalue weighted by Gasteiger charge is -2.30. The highest BCUT2D eigenvalue weighted by atomic mass is 15.5. The van der Waals surface area contributed by atoms with Gasteiger partial charge in [0, 0.05) is 23.8 Å². The molecule has 0 aliphatic carbocycles. The van der Waals surface area contributed by atoms with Gasteiger partial charge in [0.2, 0.25) is 0 Å². The summed E-state index contributed by atoms with van der Waals surface area (Å²) in [7, 11) is 0. The zero-order valence-electron chi connectivity index (χ0n) is 13.2. The summed E-state index contributed by atoms with van der Waals surface area (Å²) in [5, 5.41) is 0. The van der Waals surface area contributed by atoms with Crippen molar-refractivity contribution in [3.8, 4) is 0 Å². The standard InChI is InChI=1S/C19H18N4/c1-14-8-6-7-11-17(14)23-15(2)22(16-9-4-3-5-10-16)18-19(23)21-13-12-20-18/h3-13,15H,1-2H3/t15-/m0/s1. The number of benzene rings is 2. The van der Waals surface area contributed by atoms with Gasteiger partial charge in [0.25, 0.3) is 0 Å². The first-order chi connectivity index (χ1) is 11.3. The van der Waals surface area contributed by atoms with E-state index in [0.29, 0.717) is 0 Å². The van der Waals surface area contributed by atoms with Gasteiger partial charge in [-0.3, -0.25) is 0 Å². The fourth-order valence-corrected chi connectivity index (χ4v) is 3.21. The first-order valence-corrected chi connectivity index (χ1v) is 7.77. The van der Waals surface area contributed by atoms with Crippen molar-refractivity contribution in [3.63, 3.8) is 0 Å². The molecule has 0 radical (unpaired) electrons. The molecular formula is C19H18N4. The summed E-state index contributed by atoms with van der Waals surface area (Å²) in [6, 6.07) is 18.7. The summed E-state index contributed by atoms with van der Waals surface area (Å²) in [6.45, 7) is 4.31. The van der Waals surface area contributed by atoms with Crippen molar-refractivity contribution in [1.82, 2.24) is 9.97 Å². The van der Waals surface area contributed by atoms with Gasteiger partial charge in [-0.1, -0.05) is 36.4 Å². The smallest absolute Gasteiger partial charge is 0.178 e. The zero-order chi connectivity index (χ0) is 15.8. The summed E-state index contributed by atoms with van der Waals surface area (Å²) in [6.07, 6.45) is 3.62. The van der Waals surface area contributed by atoms with Gasteiger partial charge in [-0.2, -0.15) is 0 Å². The van der Waals surface area contributed by atoms with E-state index in [0.717, 1.165) is 17.3 Å². The lowest BCUT2D eigenvalue weighted by Crippen LogP contribution is -2.35. The van der Waals surface area contributed by atoms with Crippen LogP contribution < -0.4 is 9.80 Å². The minimum atomic E-state index is 0.107. The molecule has 2 aromatic carbocycles. The summed E-state index contributed by atoms with van der Waals surface area (Å²) < 4.78 is 0. The van der Waals surface area contributed by atoms with Crippen LogP contribution in [-0.4, -0.2) is 16.1 Å². The highest BCUT2D eigenvalue weighted by molar-refractivity contribution is 5.83. The number of fused-ring (bicyclic) bond motifs is 1. The molecule has 0 N–H and O–H groups in total. The number of aromatic nitrogens is 2. The van der Waals surface area contributed by atoms with Crippen LogP contribution in [0.2, 0.25) is 0 Å². The van der Waals surface area contributed by atoms with Crippen LogP contribution in [0.4, 0.5) is 23.0 Å². The molecule has 4 heteroatoms. The number of para-hydroxylation sites is 2. The van der Waals surface area contributed by atoms with Crippen LogP contribution in [0.15, 0.2) is 67.0 Å². The molecule has 0 bridgehead atoms. The van der Waals surface area contributed by atoms with E-state index >= 15 is 0 Å². The van der Waals surface area contributed by atoms with Crippen LogP contribution in [0.5, 0.6) is 0 Å². The van der Waals surface area contributed by atoms with Gasteiger partial charge >= 0.3 is 0 Å². The molecule has 1 atom stereocenters. The third kappa shape index (κ3) is 2.14. The normalized spacial score (nSPS) is 16.5. The van der Waals surface area contributed by atoms with E-state index in [2.05, 4.69) is 82.1 Å². The summed E-state index contributed by atoms with van der Waals surface area (Å²) in [5.74, 6) is 1.80. The second-order valence-electron chi connectivity index (χ2n) is 5.70. The fraction of sp³-hybridized carbons (Fsp3) is 0.158. The van der Waals surface area contributed by atoms with Gasteiger partial charge in [-0.15, -0.1) is 0 Å². The Labute approximate surface area is 136 Å². The van der Waals surface area contributed by atoms with Gasteiger partial charge in [0.05, 0.1) is 0 Å². The third-order valence-corrected chi connectivity index (χ3v) is 4.27. The molecule has 23 heavy (non-hydrogen) atoms. The Morgan fingerprint density at radius 2 is 1.39 bits per heavy atom. The maximum Gasteiger partial charge on any atom is 0.178 e. The van der Waals surface area contributed by atoms with Crippen molar-refractivity contribution < 1.29 is 0 Å². The number of nitrogens with zero attached hydrogens (tertiary/aromatic N) is 4. The minimum absolute atomic E-state index is 0.107. The van der Waals surface area contributed by atoms with E-state index in [1.54, 1.807) is 12.4 Å². The average Bonchev–Trinajstić information content (AvgIpc) is 2.88. The third-order valence-electron chi connectivity index (χ3n) is 4.27. The molecule has 0 saturated heterocycles. The maximum absolute atomic E-state index is 4.61. The molecule has 0 spiro atoms. The van der Waals surface area contributed by atoms with E-state index in [1.807, 2.05) is 6.07 Å². The quantitative estimate of drug-likeness (QED) is 0.701. The summed E-state index contributed by atoms with van der Waals surface area (Å²) in [4.78, 5) is 13.7. The molecule has 1 aliphatic rings. The van der Waals surface area contributed by atoms with Crippen molar-refractivity contribution in [2.24, 2.45) is 0 Å². The molecule has 0 saturated carbocycles. The Morgan fingerprint density at radius 1 is 0.783 bits per heavy atom. The predicted octanol–water partition coefficient (Wildman–Crippen LogP) is 4.42. The van der Waals surface area contributed by atoms with E-state index in [-0.39, 0.29) is 6.17 Å². The SMILES string of the molecule is Cc1ccccc1N1c2nccnc2N(c2ccccc2)[C@@H]1C. The van der Waals surface area contributed by atoms with Crippen molar-refractivity contribution in [2.45, 2.75) is 20.0 Å². The van der Waals surface area contributed by atoms with Crippen molar-refractivity contribution in [1.29, 1.82) is 0 Å². The number of hydrogen-bond acceptors (Lipinski definition) is 4. The number of hydrogen-bond donors (Lipinski definition) is 0. The largest absolute Gasteiger partial charge is 0.302 e. The van der Waals surface area contributed by atoms with Crippen LogP contribution in [0.3, 0.4) is 0 Å². The minimum Gasteiger partial charge on any atom is -0.302 e. The highest BCUT2D eigenvalue weighted by Crippen LogP contribution is 2.45. The van der Waals surface area contributed by atoms with Crippen LogP contribution in [0.1, 0.15) is 12.5 Å². The molecule has 114 valence electrons. The molecule has 0 fully saturated rings. The molecule has 1 aliphatic heterocycles. The van der Waals surface area contributed by atoms with E-state index in [9.17, 15) is 0 Å². The van der Waals surface area contributed by atoms with Gasteiger partial charge in [0.1, 0.15) is 6.17 Å². The van der Waals surface area contributed by atoms with Gasteiger partial charge in [-0.05, 0) is 37.6 Å². The Balaban J connectivity index is 1.89. The maximum atomic E-state index is 4.61. The first kappa shape index (κ1) is 13.8. The van der Waals surface area contributed by atoms with Gasteiger partial charge < -0.3 is 9.80 Å². The predicted molar refractivity (Wildman–Crippen MR) is 93.4 cm³/mol. The first-order valence-electron chi connectivity index (χ1n) is 7.77. The van der Waals surface area contributed by atoms with Gasteiger partial charge in [0.15, 0.2) is 11.6 Å². The van der Waals surface area contributed by atoms with E-state index in [1.165, 1.54) is 11.3 Å². The molecule has 4 rings (SSSR count). The van der Waals surface area contributed by atoms with Crippen molar-refractivity contribution in [3.05, 3.63) is 72.6 Å². The van der Waals surface area contributed by atoms with Crippen LogP contribution in [0, 0.1) is 6.92 Å². The van der Waals surface area contributed by atoms with Crippen LogP contribution in [0.25, 0.3) is 0 Å². The van der Waals surface area contributed by atoms with Crippen LogP contribution >= 0.6 is 0 Å². The summed E-state index contributed by atoms with van der Waals surface area (Å²) in [5.41, 5.74) is 3.52. The van der Waals surface area contributed by atoms with Crippen LogP contribution in [-0.2, 0) is 0 Å². The van der Waals surface area contributed by atoms with Crippen molar-refractivity contribution in [2.75, 3.05) is 9.80 Å². The molecule has 4 nitrogen and oxygen atoms in total. The molecule has 3 aromatic rings.